The van der Waals surface area contributed by atoms with Gasteiger partial charge in [0.1, 0.15) is 5.65 Å². The van der Waals surface area contributed by atoms with E-state index in [-0.39, 0.29) is 0 Å². The monoisotopic (exact) mass is 266 g/mol. The van der Waals surface area contributed by atoms with Crippen molar-refractivity contribution in [2.75, 3.05) is 11.5 Å². The molecule has 100 valence electrons. The van der Waals surface area contributed by atoms with E-state index in [0.29, 0.717) is 5.69 Å². The largest absolute Gasteiger partial charge is 0.399 e. The molecule has 0 saturated carbocycles. The topological polar surface area (TPSA) is 109 Å². The molecule has 0 saturated heterocycles. The van der Waals surface area contributed by atoms with E-state index in [9.17, 15) is 0 Å². The number of rotatable bonds is 0. The standard InChI is InChI=1S/2C7H7N3/c8-6-1-2-7-5(3-6)4-9-10-7;8-6-3-5-1-2-9-7(5)10-4-6/h2*1-4H,8H2,(H,9,10). The van der Waals surface area contributed by atoms with Crippen molar-refractivity contribution in [2.24, 2.45) is 0 Å². The van der Waals surface area contributed by atoms with Crippen molar-refractivity contribution in [3.8, 4) is 0 Å². The Balaban J connectivity index is 0.000000121. The third kappa shape index (κ3) is 2.39. The molecule has 0 aliphatic heterocycles. The highest BCUT2D eigenvalue weighted by molar-refractivity contribution is 5.81. The fraction of sp³-hybridized carbons (Fsp3) is 0. The molecule has 6 heteroatoms. The maximum absolute atomic E-state index is 5.54. The van der Waals surface area contributed by atoms with Gasteiger partial charge in [-0.05, 0) is 30.3 Å². The molecule has 6 nitrogen and oxygen atoms in total. The number of nitrogens with two attached hydrogens (primary N) is 2. The van der Waals surface area contributed by atoms with Crippen molar-refractivity contribution in [3.05, 3.63) is 48.9 Å². The molecule has 3 aromatic heterocycles. The fourth-order valence-corrected chi connectivity index (χ4v) is 1.92. The molecule has 0 radical (unpaired) electrons. The lowest BCUT2D eigenvalue weighted by Gasteiger charge is -1.89. The molecule has 0 atom stereocenters. The zero-order valence-corrected chi connectivity index (χ0v) is 10.7. The van der Waals surface area contributed by atoms with E-state index in [0.717, 1.165) is 27.6 Å². The Hall–Kier alpha value is -3.02. The number of aromatic nitrogens is 4. The molecule has 0 aliphatic rings. The van der Waals surface area contributed by atoms with Gasteiger partial charge in [0.05, 0.1) is 23.6 Å². The summed E-state index contributed by atoms with van der Waals surface area (Å²) >= 11 is 0. The molecule has 4 rings (SSSR count). The molecule has 0 spiro atoms. The second kappa shape index (κ2) is 4.93. The van der Waals surface area contributed by atoms with E-state index >= 15 is 0 Å². The predicted octanol–water partition coefficient (Wildman–Crippen LogP) is 2.29. The number of aromatic amines is 2. The van der Waals surface area contributed by atoms with Gasteiger partial charge < -0.3 is 16.5 Å². The van der Waals surface area contributed by atoms with Gasteiger partial charge in [0, 0.05) is 22.7 Å². The van der Waals surface area contributed by atoms with Crippen LogP contribution in [0.2, 0.25) is 0 Å². The van der Waals surface area contributed by atoms with E-state index in [1.807, 2.05) is 36.5 Å². The van der Waals surface area contributed by atoms with E-state index < -0.39 is 0 Å². The van der Waals surface area contributed by atoms with Gasteiger partial charge in [-0.15, -0.1) is 0 Å². The summed E-state index contributed by atoms with van der Waals surface area (Å²) in [6.07, 6.45) is 5.24. The van der Waals surface area contributed by atoms with Gasteiger partial charge in [-0.2, -0.15) is 5.10 Å². The van der Waals surface area contributed by atoms with Crippen LogP contribution in [0.25, 0.3) is 21.9 Å². The summed E-state index contributed by atoms with van der Waals surface area (Å²) in [6.45, 7) is 0. The Morgan fingerprint density at radius 3 is 2.65 bits per heavy atom. The smallest absolute Gasteiger partial charge is 0.137 e. The van der Waals surface area contributed by atoms with Crippen LogP contribution in [0.3, 0.4) is 0 Å². The molecule has 1 aromatic carbocycles. The summed E-state index contributed by atoms with van der Waals surface area (Å²) in [7, 11) is 0. The Kier molecular flexibility index (Phi) is 2.96. The van der Waals surface area contributed by atoms with Crippen molar-refractivity contribution in [1.29, 1.82) is 0 Å². The number of hydrogen-bond acceptors (Lipinski definition) is 4. The summed E-state index contributed by atoms with van der Waals surface area (Å²) in [4.78, 5) is 7.04. The second-order valence-electron chi connectivity index (χ2n) is 4.40. The van der Waals surface area contributed by atoms with Gasteiger partial charge >= 0.3 is 0 Å². The number of nitrogens with one attached hydrogen (secondary N) is 2. The highest BCUT2D eigenvalue weighted by Crippen LogP contribution is 2.13. The number of H-pyrrole nitrogens is 2. The minimum absolute atomic E-state index is 0.701. The van der Waals surface area contributed by atoms with Crippen molar-refractivity contribution in [1.82, 2.24) is 20.2 Å². The number of benzene rings is 1. The van der Waals surface area contributed by atoms with E-state index in [4.69, 9.17) is 11.5 Å². The molecule has 3 heterocycles. The average Bonchev–Trinajstić information content (AvgIpc) is 3.06. The Labute approximate surface area is 114 Å². The molecule has 0 bridgehead atoms. The van der Waals surface area contributed by atoms with Crippen molar-refractivity contribution >= 4 is 33.3 Å². The second-order valence-corrected chi connectivity index (χ2v) is 4.40. The number of nitrogen functional groups attached to an aromatic ring is 2. The molecular formula is C14H14N6. The van der Waals surface area contributed by atoms with Crippen LogP contribution in [0, 0.1) is 0 Å². The normalized spacial score (nSPS) is 10.4. The Morgan fingerprint density at radius 2 is 1.75 bits per heavy atom. The minimum atomic E-state index is 0.701. The molecule has 0 unspecified atom stereocenters. The van der Waals surface area contributed by atoms with Crippen molar-refractivity contribution < 1.29 is 0 Å². The zero-order valence-electron chi connectivity index (χ0n) is 10.7. The Morgan fingerprint density at radius 1 is 0.900 bits per heavy atom. The van der Waals surface area contributed by atoms with Gasteiger partial charge in [0.25, 0.3) is 0 Å². The van der Waals surface area contributed by atoms with Crippen LogP contribution < -0.4 is 11.5 Å². The van der Waals surface area contributed by atoms with Gasteiger partial charge in [-0.1, -0.05) is 0 Å². The maximum Gasteiger partial charge on any atom is 0.137 e. The first-order chi connectivity index (χ1) is 9.72. The lowest BCUT2D eigenvalue weighted by molar-refractivity contribution is 1.12. The number of pyridine rings is 1. The maximum atomic E-state index is 5.54. The van der Waals surface area contributed by atoms with Gasteiger partial charge in [-0.3, -0.25) is 5.10 Å². The lowest BCUT2D eigenvalue weighted by atomic mass is 10.2. The van der Waals surface area contributed by atoms with Gasteiger partial charge in [0.15, 0.2) is 0 Å². The first kappa shape index (κ1) is 12.0. The number of nitrogens with zero attached hydrogens (tertiary/aromatic N) is 2. The minimum Gasteiger partial charge on any atom is -0.399 e. The van der Waals surface area contributed by atoms with Crippen LogP contribution in [0.4, 0.5) is 11.4 Å². The SMILES string of the molecule is Nc1ccc2[nH]ncc2c1.Nc1cnc2[nH]ccc2c1. The average molecular weight is 266 g/mol. The fourth-order valence-electron chi connectivity index (χ4n) is 1.92. The van der Waals surface area contributed by atoms with E-state index in [1.54, 1.807) is 12.4 Å². The number of fused-ring (bicyclic) bond motifs is 2. The third-order valence-corrected chi connectivity index (χ3v) is 2.89. The lowest BCUT2D eigenvalue weighted by Crippen LogP contribution is -1.84. The third-order valence-electron chi connectivity index (χ3n) is 2.89. The summed E-state index contributed by atoms with van der Waals surface area (Å²) in [5, 5.41) is 8.81. The predicted molar refractivity (Wildman–Crippen MR) is 81.0 cm³/mol. The molecule has 20 heavy (non-hydrogen) atoms. The van der Waals surface area contributed by atoms with Crippen LogP contribution in [-0.2, 0) is 0 Å². The van der Waals surface area contributed by atoms with Crippen LogP contribution in [0.1, 0.15) is 0 Å². The quantitative estimate of drug-likeness (QED) is 0.366. The molecule has 6 N–H and O–H groups in total. The van der Waals surface area contributed by atoms with Gasteiger partial charge in [-0.25, -0.2) is 4.98 Å². The van der Waals surface area contributed by atoms with Crippen LogP contribution in [0.15, 0.2) is 48.9 Å². The number of hydrogen-bond donors (Lipinski definition) is 4. The first-order valence-electron chi connectivity index (χ1n) is 6.09. The summed E-state index contributed by atoms with van der Waals surface area (Å²) in [6, 6.07) is 9.48. The summed E-state index contributed by atoms with van der Waals surface area (Å²) in [5.74, 6) is 0. The van der Waals surface area contributed by atoms with Crippen molar-refractivity contribution in [2.45, 2.75) is 0 Å². The molecule has 0 aliphatic carbocycles. The van der Waals surface area contributed by atoms with E-state index in [1.165, 1.54) is 0 Å². The zero-order chi connectivity index (χ0) is 13.9. The summed E-state index contributed by atoms with van der Waals surface area (Å²) < 4.78 is 0. The van der Waals surface area contributed by atoms with Crippen LogP contribution >= 0.6 is 0 Å². The van der Waals surface area contributed by atoms with Crippen LogP contribution in [-0.4, -0.2) is 20.2 Å². The molecule has 0 fully saturated rings. The van der Waals surface area contributed by atoms with Gasteiger partial charge in [0.2, 0.25) is 0 Å². The molecule has 4 aromatic rings. The van der Waals surface area contributed by atoms with Crippen LogP contribution in [0.5, 0.6) is 0 Å². The molecule has 0 amide bonds. The van der Waals surface area contributed by atoms with Crippen molar-refractivity contribution in [3.63, 3.8) is 0 Å². The molecular weight excluding hydrogens is 252 g/mol. The first-order valence-corrected chi connectivity index (χ1v) is 6.09. The van der Waals surface area contributed by atoms with E-state index in [2.05, 4.69) is 20.2 Å². The highest BCUT2D eigenvalue weighted by atomic mass is 15.1. The highest BCUT2D eigenvalue weighted by Gasteiger charge is 1.93. The number of anilines is 2. The Bertz CT molecular complexity index is 773. The summed E-state index contributed by atoms with van der Waals surface area (Å²) in [5.41, 5.74) is 14.4.